The summed E-state index contributed by atoms with van der Waals surface area (Å²) in [6, 6.07) is 0.316. The monoisotopic (exact) mass is 228 g/mol. The minimum atomic E-state index is -0.701. The van der Waals surface area contributed by atoms with Crippen LogP contribution in [0.1, 0.15) is 32.6 Å². The van der Waals surface area contributed by atoms with Crippen LogP contribution in [0, 0.1) is 5.92 Å². The number of rotatable bonds is 6. The van der Waals surface area contributed by atoms with E-state index in [-0.39, 0.29) is 6.42 Å². The van der Waals surface area contributed by atoms with Gasteiger partial charge in [0.15, 0.2) is 0 Å². The number of carbonyl (C=O) groups is 1. The predicted molar refractivity (Wildman–Crippen MR) is 64.6 cm³/mol. The molecule has 0 aromatic heterocycles. The second-order valence-electron chi connectivity index (χ2n) is 4.99. The van der Waals surface area contributed by atoms with Gasteiger partial charge in [0.1, 0.15) is 0 Å². The van der Waals surface area contributed by atoms with Crippen molar-refractivity contribution >= 4 is 5.97 Å². The molecule has 0 spiro atoms. The Bertz CT molecular complexity index is 213. The molecule has 0 aromatic rings. The van der Waals surface area contributed by atoms with E-state index in [1.54, 1.807) is 0 Å². The third kappa shape index (κ3) is 5.47. The van der Waals surface area contributed by atoms with Crippen LogP contribution in [0.5, 0.6) is 0 Å². The molecule has 1 unspecified atom stereocenters. The molecule has 1 fully saturated rings. The van der Waals surface area contributed by atoms with Gasteiger partial charge in [-0.1, -0.05) is 0 Å². The molecule has 0 amide bonds. The Balaban J connectivity index is 2.07. The summed E-state index contributed by atoms with van der Waals surface area (Å²) >= 11 is 0. The molecule has 4 nitrogen and oxygen atoms in total. The predicted octanol–water partition coefficient (Wildman–Crippen LogP) is 1.17. The van der Waals surface area contributed by atoms with E-state index in [1.807, 2.05) is 0 Å². The van der Waals surface area contributed by atoms with Crippen LogP contribution in [-0.4, -0.2) is 48.7 Å². The van der Waals surface area contributed by atoms with Crippen molar-refractivity contribution in [3.63, 3.8) is 0 Å². The SMILES string of the molecule is CC(CCC(=O)O)NCC1CCN(C)CC1. The maximum Gasteiger partial charge on any atom is 0.303 e. The molecule has 94 valence electrons. The number of nitrogens with one attached hydrogen (secondary N) is 1. The highest BCUT2D eigenvalue weighted by Crippen LogP contribution is 2.15. The highest BCUT2D eigenvalue weighted by molar-refractivity contribution is 5.66. The van der Waals surface area contributed by atoms with Crippen LogP contribution in [0.4, 0.5) is 0 Å². The molecule has 1 atom stereocenters. The summed E-state index contributed by atoms with van der Waals surface area (Å²) in [4.78, 5) is 12.8. The van der Waals surface area contributed by atoms with Crippen molar-refractivity contribution in [3.8, 4) is 0 Å². The van der Waals surface area contributed by atoms with E-state index in [4.69, 9.17) is 5.11 Å². The lowest BCUT2D eigenvalue weighted by molar-refractivity contribution is -0.137. The molecule has 0 saturated carbocycles. The van der Waals surface area contributed by atoms with Gasteiger partial charge < -0.3 is 15.3 Å². The van der Waals surface area contributed by atoms with Crippen molar-refractivity contribution in [3.05, 3.63) is 0 Å². The van der Waals surface area contributed by atoms with Gasteiger partial charge in [-0.05, 0) is 58.8 Å². The standard InChI is InChI=1S/C12H24N2O2/c1-10(3-4-12(15)16)13-9-11-5-7-14(2)8-6-11/h10-11,13H,3-9H2,1-2H3,(H,15,16). The fourth-order valence-corrected chi connectivity index (χ4v) is 2.08. The minimum Gasteiger partial charge on any atom is -0.481 e. The van der Waals surface area contributed by atoms with Gasteiger partial charge in [-0.25, -0.2) is 0 Å². The van der Waals surface area contributed by atoms with Gasteiger partial charge in [0.2, 0.25) is 0 Å². The van der Waals surface area contributed by atoms with Crippen molar-refractivity contribution < 1.29 is 9.90 Å². The number of likely N-dealkylation sites (tertiary alicyclic amines) is 1. The summed E-state index contributed by atoms with van der Waals surface area (Å²) in [5, 5.41) is 12.0. The zero-order valence-electron chi connectivity index (χ0n) is 10.4. The lowest BCUT2D eigenvalue weighted by atomic mass is 9.97. The Morgan fingerprint density at radius 1 is 1.50 bits per heavy atom. The van der Waals surface area contributed by atoms with Gasteiger partial charge in [-0.2, -0.15) is 0 Å². The molecule has 0 aromatic carbocycles. The Hall–Kier alpha value is -0.610. The number of hydrogen-bond acceptors (Lipinski definition) is 3. The topological polar surface area (TPSA) is 52.6 Å². The van der Waals surface area contributed by atoms with E-state index < -0.39 is 5.97 Å². The van der Waals surface area contributed by atoms with Gasteiger partial charge in [-0.3, -0.25) is 4.79 Å². The minimum absolute atomic E-state index is 0.265. The largest absolute Gasteiger partial charge is 0.481 e. The molecule has 4 heteroatoms. The summed E-state index contributed by atoms with van der Waals surface area (Å²) in [6.07, 6.45) is 3.51. The first-order valence-electron chi connectivity index (χ1n) is 6.21. The van der Waals surface area contributed by atoms with E-state index >= 15 is 0 Å². The fraction of sp³-hybridized carbons (Fsp3) is 0.917. The first-order valence-corrected chi connectivity index (χ1v) is 6.21. The maximum atomic E-state index is 10.4. The summed E-state index contributed by atoms with van der Waals surface area (Å²) in [6.45, 7) is 5.48. The first-order chi connectivity index (χ1) is 7.58. The first kappa shape index (κ1) is 13.5. The Kier molecular flexibility index (Phi) is 5.77. The number of aliphatic carboxylic acids is 1. The lowest BCUT2D eigenvalue weighted by Crippen LogP contribution is -2.37. The second-order valence-corrected chi connectivity index (χ2v) is 4.99. The summed E-state index contributed by atoms with van der Waals surface area (Å²) < 4.78 is 0. The molecule has 0 bridgehead atoms. The highest BCUT2D eigenvalue weighted by Gasteiger charge is 2.16. The quantitative estimate of drug-likeness (QED) is 0.716. The number of hydrogen-bond donors (Lipinski definition) is 2. The average molecular weight is 228 g/mol. The van der Waals surface area contributed by atoms with Crippen LogP contribution in [0.3, 0.4) is 0 Å². The third-order valence-electron chi connectivity index (χ3n) is 3.38. The van der Waals surface area contributed by atoms with Crippen LogP contribution >= 0.6 is 0 Å². The lowest BCUT2D eigenvalue weighted by Gasteiger charge is -2.29. The molecular formula is C12H24N2O2. The molecule has 0 radical (unpaired) electrons. The smallest absolute Gasteiger partial charge is 0.303 e. The zero-order chi connectivity index (χ0) is 12.0. The molecule has 16 heavy (non-hydrogen) atoms. The van der Waals surface area contributed by atoms with Crippen LogP contribution in [0.15, 0.2) is 0 Å². The molecule has 2 N–H and O–H groups in total. The maximum absolute atomic E-state index is 10.4. The van der Waals surface area contributed by atoms with Crippen LogP contribution < -0.4 is 5.32 Å². The van der Waals surface area contributed by atoms with E-state index in [9.17, 15) is 4.79 Å². The number of piperidine rings is 1. The third-order valence-corrected chi connectivity index (χ3v) is 3.38. The van der Waals surface area contributed by atoms with Crippen LogP contribution in [0.25, 0.3) is 0 Å². The zero-order valence-corrected chi connectivity index (χ0v) is 10.4. The molecule has 1 rings (SSSR count). The molecular weight excluding hydrogens is 204 g/mol. The molecule has 1 aliphatic rings. The van der Waals surface area contributed by atoms with Crippen molar-refractivity contribution in [2.45, 2.75) is 38.6 Å². The van der Waals surface area contributed by atoms with Crippen molar-refractivity contribution in [1.29, 1.82) is 0 Å². The van der Waals surface area contributed by atoms with E-state index in [1.165, 1.54) is 25.9 Å². The average Bonchev–Trinajstić information content (AvgIpc) is 2.25. The normalized spacial score (nSPS) is 20.9. The van der Waals surface area contributed by atoms with Gasteiger partial charge in [0.25, 0.3) is 0 Å². The number of nitrogens with zero attached hydrogens (tertiary/aromatic N) is 1. The van der Waals surface area contributed by atoms with E-state index in [0.717, 1.165) is 18.9 Å². The van der Waals surface area contributed by atoms with Crippen molar-refractivity contribution in [2.75, 3.05) is 26.7 Å². The van der Waals surface area contributed by atoms with E-state index in [2.05, 4.69) is 24.2 Å². The van der Waals surface area contributed by atoms with Crippen molar-refractivity contribution in [1.82, 2.24) is 10.2 Å². The van der Waals surface area contributed by atoms with Gasteiger partial charge in [-0.15, -0.1) is 0 Å². The summed E-state index contributed by atoms with van der Waals surface area (Å²) in [5.74, 6) is 0.0661. The second kappa shape index (κ2) is 6.86. The highest BCUT2D eigenvalue weighted by atomic mass is 16.4. The Morgan fingerprint density at radius 2 is 2.12 bits per heavy atom. The van der Waals surface area contributed by atoms with Gasteiger partial charge in [0.05, 0.1) is 0 Å². The Labute approximate surface area is 98.0 Å². The van der Waals surface area contributed by atoms with Crippen molar-refractivity contribution in [2.24, 2.45) is 5.92 Å². The number of carboxylic acids is 1. The molecule has 0 aliphatic carbocycles. The molecule has 1 heterocycles. The molecule has 1 saturated heterocycles. The Morgan fingerprint density at radius 3 is 2.69 bits per heavy atom. The summed E-state index contributed by atoms with van der Waals surface area (Å²) in [5.41, 5.74) is 0. The van der Waals surface area contributed by atoms with E-state index in [0.29, 0.717) is 6.04 Å². The molecule has 1 aliphatic heterocycles. The van der Waals surface area contributed by atoms with Crippen LogP contribution in [0.2, 0.25) is 0 Å². The van der Waals surface area contributed by atoms with Gasteiger partial charge in [0, 0.05) is 12.5 Å². The summed E-state index contributed by atoms with van der Waals surface area (Å²) in [7, 11) is 2.17. The van der Waals surface area contributed by atoms with Gasteiger partial charge >= 0.3 is 5.97 Å². The van der Waals surface area contributed by atoms with Crippen LogP contribution in [-0.2, 0) is 4.79 Å². The fourth-order valence-electron chi connectivity index (χ4n) is 2.08. The number of carboxylic acid groups (broad SMARTS) is 1.